The summed E-state index contributed by atoms with van der Waals surface area (Å²) >= 11 is 0. The fourth-order valence-corrected chi connectivity index (χ4v) is 2.70. The number of aliphatic carboxylic acids is 1. The van der Waals surface area contributed by atoms with Crippen LogP contribution in [0.3, 0.4) is 0 Å². The summed E-state index contributed by atoms with van der Waals surface area (Å²) in [5, 5.41) is 8.70. The largest absolute Gasteiger partial charge is 0.481 e. The Morgan fingerprint density at radius 3 is 2.68 bits per heavy atom. The van der Waals surface area contributed by atoms with Gasteiger partial charge in [-0.2, -0.15) is 0 Å². The Morgan fingerprint density at radius 2 is 2.04 bits per heavy atom. The van der Waals surface area contributed by atoms with Gasteiger partial charge >= 0.3 is 5.97 Å². The van der Waals surface area contributed by atoms with Gasteiger partial charge in [-0.25, -0.2) is 4.79 Å². The van der Waals surface area contributed by atoms with Crippen LogP contribution >= 0.6 is 0 Å². The van der Waals surface area contributed by atoms with Crippen LogP contribution in [-0.2, 0) is 22.5 Å². The van der Waals surface area contributed by atoms with Gasteiger partial charge in [0.25, 0.3) is 11.7 Å². The first kappa shape index (κ1) is 10.1. The molecule has 1 aromatic heterocycles. The first-order valence-electron chi connectivity index (χ1n) is 12.8. The van der Waals surface area contributed by atoms with Gasteiger partial charge in [-0.3, -0.25) is 9.59 Å². The number of fused-ring (bicyclic) bond motifs is 1. The van der Waals surface area contributed by atoms with E-state index >= 15 is 0 Å². The molecule has 0 atom stereocenters. The molecule has 0 spiro atoms. The van der Waals surface area contributed by atoms with Gasteiger partial charge in [0.2, 0.25) is 0 Å². The molecule has 7 heteroatoms. The van der Waals surface area contributed by atoms with Crippen molar-refractivity contribution in [3.05, 3.63) is 65.2 Å². The maximum Gasteiger partial charge on any atom is 0.341 e. The van der Waals surface area contributed by atoms with Gasteiger partial charge in [0, 0.05) is 16.3 Å². The Bertz CT molecular complexity index is 1470. The molecule has 0 aliphatic carbocycles. The summed E-state index contributed by atoms with van der Waals surface area (Å²) in [6.45, 7) is -6.89. The van der Waals surface area contributed by atoms with Crippen molar-refractivity contribution in [3.8, 4) is 5.75 Å². The van der Waals surface area contributed by atoms with E-state index in [1.165, 1.54) is 18.2 Å². The SMILES string of the molecule is [2H]c1c([2H])c([2H])c(C([2H])([2H])n2c(CC([2H])([2H])[2H])c(C(=O)C(N)=O)c3c(OCC(=O)O)cccc32)c([2H])c1[2H]. The molecule has 7 nitrogen and oxygen atoms in total. The number of aromatic nitrogens is 1. The lowest BCUT2D eigenvalue weighted by Gasteiger charge is -2.11. The highest BCUT2D eigenvalue weighted by Crippen LogP contribution is 2.35. The van der Waals surface area contributed by atoms with Gasteiger partial charge in [0.05, 0.1) is 26.1 Å². The van der Waals surface area contributed by atoms with Gasteiger partial charge in [0.15, 0.2) is 6.61 Å². The zero-order valence-electron chi connectivity index (χ0n) is 24.3. The molecule has 0 aliphatic heterocycles. The Morgan fingerprint density at radius 1 is 1.29 bits per heavy atom. The van der Waals surface area contributed by atoms with Gasteiger partial charge in [0.1, 0.15) is 5.75 Å². The molecule has 1 heterocycles. The molecule has 3 rings (SSSR count). The predicted octanol–water partition coefficient (Wildman–Crippen LogP) is 2.38. The van der Waals surface area contributed by atoms with Crippen LogP contribution in [0.5, 0.6) is 5.75 Å². The van der Waals surface area contributed by atoms with E-state index in [1.807, 2.05) is 0 Å². The number of rotatable bonds is 8. The highest BCUT2D eigenvalue weighted by atomic mass is 16.5. The molecule has 2 aromatic carbocycles. The first-order chi connectivity index (χ1) is 17.4. The topological polar surface area (TPSA) is 112 Å². The molecule has 0 bridgehead atoms. The van der Waals surface area contributed by atoms with Crippen LogP contribution in [0.1, 0.15) is 42.2 Å². The maximum atomic E-state index is 13.0. The number of amides is 1. The number of nitrogens with zero attached hydrogens (tertiary/aromatic N) is 1. The predicted molar refractivity (Wildman–Crippen MR) is 104 cm³/mol. The fraction of sp³-hybridized carbons (Fsp3) is 0.190. The van der Waals surface area contributed by atoms with E-state index in [0.717, 1.165) is 0 Å². The first-order valence-corrected chi connectivity index (χ1v) is 7.84. The van der Waals surface area contributed by atoms with E-state index in [0.29, 0.717) is 4.57 Å². The second-order valence-electron chi connectivity index (χ2n) is 5.47. The van der Waals surface area contributed by atoms with E-state index in [9.17, 15) is 14.4 Å². The van der Waals surface area contributed by atoms with Crippen LogP contribution in [0.2, 0.25) is 0 Å². The number of Topliss-reactive ketones (excluding diaryl/α,β-unsaturated/α-hetero) is 1. The van der Waals surface area contributed by atoms with E-state index in [-0.39, 0.29) is 16.7 Å². The highest BCUT2D eigenvalue weighted by molar-refractivity contribution is 6.45. The van der Waals surface area contributed by atoms with Gasteiger partial charge in [-0.05, 0) is 24.1 Å². The molecule has 0 fully saturated rings. The van der Waals surface area contributed by atoms with Gasteiger partial charge in [-0.15, -0.1) is 0 Å². The lowest BCUT2D eigenvalue weighted by Crippen LogP contribution is -2.24. The van der Waals surface area contributed by atoms with Crippen LogP contribution in [0.25, 0.3) is 10.9 Å². The normalized spacial score (nSPS) is 16.9. The van der Waals surface area contributed by atoms with Crippen molar-refractivity contribution in [1.82, 2.24) is 4.57 Å². The molecule has 0 saturated heterocycles. The summed E-state index contributed by atoms with van der Waals surface area (Å²) in [6.07, 6.45) is -1.02. The van der Waals surface area contributed by atoms with Gasteiger partial charge in [-0.1, -0.05) is 43.1 Å². The summed E-state index contributed by atoms with van der Waals surface area (Å²) in [4.78, 5) is 36.1. The molecular weight excluding hydrogens is 360 g/mol. The third kappa shape index (κ3) is 3.59. The lowest BCUT2D eigenvalue weighted by molar-refractivity contribution is -0.139. The van der Waals surface area contributed by atoms with Gasteiger partial charge < -0.3 is 20.1 Å². The van der Waals surface area contributed by atoms with Crippen molar-refractivity contribution in [2.75, 3.05) is 6.61 Å². The van der Waals surface area contributed by atoms with Crippen LogP contribution < -0.4 is 10.5 Å². The summed E-state index contributed by atoms with van der Waals surface area (Å²) in [5.74, 6) is -4.71. The standard InChI is InChI=1S/C21H20N2O5/c1-2-14-19(20(26)21(22)27)18-15(9-6-10-16(18)28-12-17(24)25)23(14)11-13-7-4-3-5-8-13/h3-10H,2,11-12H2,1H3,(H2,22,27)(H,24,25)/i1D3,3D,4D,5D,7D,8D,11D2. The summed E-state index contributed by atoms with van der Waals surface area (Å²) in [5.41, 5.74) is 2.76. The molecule has 3 aromatic rings. The van der Waals surface area contributed by atoms with Crippen molar-refractivity contribution in [2.45, 2.75) is 19.8 Å². The molecule has 28 heavy (non-hydrogen) atoms. The Kier molecular flexibility index (Phi) is 2.86. The minimum Gasteiger partial charge on any atom is -0.481 e. The van der Waals surface area contributed by atoms with E-state index in [4.69, 9.17) is 29.3 Å². The number of carbonyl (C=O) groups is 3. The van der Waals surface area contributed by atoms with Crippen LogP contribution in [0.4, 0.5) is 0 Å². The summed E-state index contributed by atoms with van der Waals surface area (Å²) in [6, 6.07) is -0.703. The number of carbonyl (C=O) groups excluding carboxylic acids is 2. The minimum atomic E-state index is -3.10. The zero-order valence-corrected chi connectivity index (χ0v) is 14.3. The second kappa shape index (κ2) is 7.96. The molecule has 0 aliphatic rings. The van der Waals surface area contributed by atoms with Crippen molar-refractivity contribution < 1.29 is 37.9 Å². The number of ether oxygens (including phenoxy) is 1. The molecule has 144 valence electrons. The monoisotopic (exact) mass is 390 g/mol. The number of carboxylic acids is 1. The van der Waals surface area contributed by atoms with Crippen molar-refractivity contribution in [2.24, 2.45) is 5.73 Å². The quantitative estimate of drug-likeness (QED) is 0.453. The van der Waals surface area contributed by atoms with Crippen molar-refractivity contribution >= 4 is 28.6 Å². The summed E-state index contributed by atoms with van der Waals surface area (Å²) in [7, 11) is 0. The highest BCUT2D eigenvalue weighted by Gasteiger charge is 2.27. The molecule has 0 unspecified atom stereocenters. The number of ketones is 1. The number of primary amides is 1. The summed E-state index contributed by atoms with van der Waals surface area (Å²) < 4.78 is 87.1. The number of benzene rings is 2. The van der Waals surface area contributed by atoms with Crippen LogP contribution in [0.15, 0.2) is 48.4 Å². The second-order valence-corrected chi connectivity index (χ2v) is 5.47. The molecular formula is C21H20N2O5. The number of hydrogen-bond acceptors (Lipinski definition) is 4. The fourth-order valence-electron chi connectivity index (χ4n) is 2.70. The number of nitrogens with two attached hydrogens (primary N) is 1. The molecule has 3 N–H and O–H groups in total. The minimum absolute atomic E-state index is 0.284. The van der Waals surface area contributed by atoms with E-state index in [2.05, 4.69) is 0 Å². The molecule has 0 saturated carbocycles. The average molecular weight is 390 g/mol. The Hall–Kier alpha value is -3.61. The Balaban J connectivity index is 2.59. The van der Waals surface area contributed by atoms with Crippen LogP contribution in [0, 0.1) is 0 Å². The third-order valence-electron chi connectivity index (χ3n) is 3.75. The number of hydrogen-bond donors (Lipinski definition) is 2. The third-order valence-corrected chi connectivity index (χ3v) is 3.75. The Labute approximate surface area is 175 Å². The van der Waals surface area contributed by atoms with Crippen molar-refractivity contribution in [3.63, 3.8) is 0 Å². The molecule has 1 amide bonds. The number of carboxylic acid groups (broad SMARTS) is 1. The van der Waals surface area contributed by atoms with Crippen LogP contribution in [-0.4, -0.2) is 33.9 Å². The maximum absolute atomic E-state index is 13.0. The average Bonchev–Trinajstić information content (AvgIpc) is 3.12. The van der Waals surface area contributed by atoms with Crippen molar-refractivity contribution in [1.29, 1.82) is 0 Å². The molecule has 0 radical (unpaired) electrons. The smallest absolute Gasteiger partial charge is 0.341 e. The zero-order chi connectivity index (χ0) is 28.9. The van der Waals surface area contributed by atoms with E-state index in [1.54, 1.807) is 0 Å². The van der Waals surface area contributed by atoms with E-state index < -0.39 is 91.1 Å². The lowest BCUT2D eigenvalue weighted by atomic mass is 10.0.